The van der Waals surface area contributed by atoms with Crippen molar-refractivity contribution >= 4 is 27.3 Å². The van der Waals surface area contributed by atoms with Crippen molar-refractivity contribution in [3.8, 4) is 0 Å². The quantitative estimate of drug-likeness (QED) is 0.586. The minimum atomic E-state index is -0.167. The first-order valence-corrected chi connectivity index (χ1v) is 1.41. The molecule has 0 saturated carbocycles. The molecule has 0 atom stereocenters. The first kappa shape index (κ1) is 9.30. The Morgan fingerprint density at radius 2 is 1.40 bits per heavy atom. The fourth-order valence-electron chi connectivity index (χ4n) is 0. The van der Waals surface area contributed by atoms with Crippen LogP contribution in [-0.4, -0.2) is 38.5 Å². The molecule has 0 fully saturated rings. The maximum atomic E-state index is 8.06. The van der Waals surface area contributed by atoms with E-state index in [4.69, 9.17) is 5.11 Å². The van der Waals surface area contributed by atoms with E-state index in [-0.39, 0.29) is 33.4 Å². The number of rotatable bonds is 0. The molecule has 0 heterocycles. The molecular formula is C3H10OPb. The van der Waals surface area contributed by atoms with Gasteiger partial charge in [0.05, 0.1) is 0 Å². The van der Waals surface area contributed by atoms with E-state index in [9.17, 15) is 0 Å². The average Bonchev–Trinajstić information content (AvgIpc) is 0.811. The summed E-state index contributed by atoms with van der Waals surface area (Å²) in [7, 11) is 0. The van der Waals surface area contributed by atoms with Crippen LogP contribution < -0.4 is 0 Å². The van der Waals surface area contributed by atoms with Crippen LogP contribution in [0.3, 0.4) is 0 Å². The zero-order valence-corrected chi connectivity index (χ0v) is 9.23. The van der Waals surface area contributed by atoms with E-state index in [0.717, 1.165) is 0 Å². The van der Waals surface area contributed by atoms with Crippen LogP contribution in [0.2, 0.25) is 0 Å². The molecule has 2 heteroatoms. The topological polar surface area (TPSA) is 20.2 Å². The van der Waals surface area contributed by atoms with E-state index >= 15 is 0 Å². The molecule has 0 unspecified atom stereocenters. The van der Waals surface area contributed by atoms with Crippen LogP contribution in [0, 0.1) is 0 Å². The predicted octanol–water partition coefficient (Wildman–Crippen LogP) is -0.529. The third-order valence-corrected chi connectivity index (χ3v) is 0. The molecule has 0 aromatic heterocycles. The maximum absolute atomic E-state index is 8.06. The molecule has 0 aliphatic carbocycles. The second-order valence-corrected chi connectivity index (χ2v) is 1.09. The molecule has 0 rings (SSSR count). The molecule has 0 amide bonds. The van der Waals surface area contributed by atoms with Gasteiger partial charge in [-0.15, -0.1) is 0 Å². The molecule has 2 radical (unpaired) electrons. The van der Waals surface area contributed by atoms with Gasteiger partial charge in [-0.25, -0.2) is 0 Å². The van der Waals surface area contributed by atoms with Crippen molar-refractivity contribution < 1.29 is 5.11 Å². The van der Waals surface area contributed by atoms with Crippen LogP contribution in [0.1, 0.15) is 13.8 Å². The van der Waals surface area contributed by atoms with Gasteiger partial charge in [-0.2, -0.15) is 0 Å². The fraction of sp³-hybridized carbons (Fsp3) is 1.00. The van der Waals surface area contributed by atoms with Crippen molar-refractivity contribution in [3.05, 3.63) is 0 Å². The summed E-state index contributed by atoms with van der Waals surface area (Å²) in [6.07, 6.45) is -0.167. The predicted molar refractivity (Wildman–Crippen MR) is 25.9 cm³/mol. The second kappa shape index (κ2) is 4.88. The van der Waals surface area contributed by atoms with Gasteiger partial charge < -0.3 is 5.11 Å². The van der Waals surface area contributed by atoms with Crippen molar-refractivity contribution in [3.63, 3.8) is 0 Å². The second-order valence-electron chi connectivity index (χ2n) is 1.09. The van der Waals surface area contributed by atoms with Gasteiger partial charge in [0.1, 0.15) is 0 Å². The molecule has 32 valence electrons. The summed E-state index contributed by atoms with van der Waals surface area (Å²) in [6.45, 7) is 3.44. The first-order valence-electron chi connectivity index (χ1n) is 1.41. The van der Waals surface area contributed by atoms with Crippen LogP contribution in [0.4, 0.5) is 0 Å². The summed E-state index contributed by atoms with van der Waals surface area (Å²) in [4.78, 5) is 0. The third kappa shape index (κ3) is 52.1. The number of aliphatic hydroxyl groups excluding tert-OH is 1. The van der Waals surface area contributed by atoms with E-state index < -0.39 is 0 Å². The van der Waals surface area contributed by atoms with E-state index in [1.165, 1.54) is 0 Å². The summed E-state index contributed by atoms with van der Waals surface area (Å²) < 4.78 is 0. The molecule has 0 aliphatic rings. The van der Waals surface area contributed by atoms with Gasteiger partial charge in [0, 0.05) is 6.10 Å². The zero-order valence-electron chi connectivity index (χ0n) is 3.73. The van der Waals surface area contributed by atoms with Gasteiger partial charge in [-0.3, -0.25) is 0 Å². The zero-order chi connectivity index (χ0) is 3.58. The molecule has 0 bridgehead atoms. The van der Waals surface area contributed by atoms with Crippen LogP contribution in [0.25, 0.3) is 0 Å². The van der Waals surface area contributed by atoms with Crippen molar-refractivity contribution in [1.29, 1.82) is 0 Å². The Hall–Kier alpha value is 0.882. The van der Waals surface area contributed by atoms with E-state index in [0.29, 0.717) is 0 Å². The summed E-state index contributed by atoms with van der Waals surface area (Å²) in [6, 6.07) is 0. The van der Waals surface area contributed by atoms with Gasteiger partial charge in [0.25, 0.3) is 0 Å². The molecule has 1 N–H and O–H groups in total. The Labute approximate surface area is 52.5 Å². The Morgan fingerprint density at radius 3 is 1.40 bits per heavy atom. The van der Waals surface area contributed by atoms with Gasteiger partial charge >= 0.3 is 27.3 Å². The van der Waals surface area contributed by atoms with Crippen molar-refractivity contribution in [2.45, 2.75) is 20.0 Å². The molecule has 0 aromatic carbocycles. The Bertz CT molecular complexity index is 11.6. The Kier molecular flexibility index (Phi) is 9.08. The van der Waals surface area contributed by atoms with Crippen LogP contribution >= 0.6 is 0 Å². The van der Waals surface area contributed by atoms with Gasteiger partial charge in [0.2, 0.25) is 0 Å². The van der Waals surface area contributed by atoms with Gasteiger partial charge in [0.15, 0.2) is 0 Å². The van der Waals surface area contributed by atoms with Gasteiger partial charge in [-0.1, -0.05) is 0 Å². The SMILES string of the molecule is CC(C)O.[PbH2]. The van der Waals surface area contributed by atoms with Crippen LogP contribution in [0.5, 0.6) is 0 Å². The molecule has 0 saturated heterocycles. The number of hydrogen-bond acceptors (Lipinski definition) is 1. The molecule has 0 aromatic rings. The standard InChI is InChI=1S/C3H8O.Pb.2H/c1-3(2)4;;;/h3-4H,1-2H3;;;. The van der Waals surface area contributed by atoms with Crippen molar-refractivity contribution in [2.75, 3.05) is 0 Å². The number of aliphatic hydroxyl groups is 1. The van der Waals surface area contributed by atoms with Crippen molar-refractivity contribution in [2.24, 2.45) is 0 Å². The average molecular weight is 269 g/mol. The van der Waals surface area contributed by atoms with Crippen LogP contribution in [0.15, 0.2) is 0 Å². The van der Waals surface area contributed by atoms with Crippen molar-refractivity contribution in [1.82, 2.24) is 0 Å². The normalized spacial score (nSPS) is 7.20. The Balaban J connectivity index is 0. The fourth-order valence-corrected chi connectivity index (χ4v) is 0. The summed E-state index contributed by atoms with van der Waals surface area (Å²) in [5.74, 6) is 0. The monoisotopic (exact) mass is 270 g/mol. The first-order chi connectivity index (χ1) is 1.73. The van der Waals surface area contributed by atoms with Crippen LogP contribution in [-0.2, 0) is 0 Å². The summed E-state index contributed by atoms with van der Waals surface area (Å²) in [5.41, 5.74) is 0. The summed E-state index contributed by atoms with van der Waals surface area (Å²) in [5, 5.41) is 8.06. The van der Waals surface area contributed by atoms with E-state index in [1.807, 2.05) is 0 Å². The molecule has 0 spiro atoms. The molecular weight excluding hydrogens is 259 g/mol. The minimum absolute atomic E-state index is 0. The van der Waals surface area contributed by atoms with E-state index in [2.05, 4.69) is 0 Å². The third-order valence-electron chi connectivity index (χ3n) is 0. The Morgan fingerprint density at radius 1 is 1.40 bits per heavy atom. The molecule has 1 nitrogen and oxygen atoms in total. The number of hydrogen-bond donors (Lipinski definition) is 1. The molecule has 0 aliphatic heterocycles. The molecule has 5 heavy (non-hydrogen) atoms. The van der Waals surface area contributed by atoms with Gasteiger partial charge in [-0.05, 0) is 13.8 Å². The summed E-state index contributed by atoms with van der Waals surface area (Å²) >= 11 is 0. The van der Waals surface area contributed by atoms with E-state index in [1.54, 1.807) is 13.8 Å².